The van der Waals surface area contributed by atoms with Gasteiger partial charge in [-0.15, -0.1) is 0 Å². The van der Waals surface area contributed by atoms with E-state index in [4.69, 9.17) is 9.47 Å². The Labute approximate surface area is 213 Å². The summed E-state index contributed by atoms with van der Waals surface area (Å²) in [6.45, 7) is 2.82. The molecule has 36 heavy (non-hydrogen) atoms. The molecule has 3 aliphatic rings. The number of methoxy groups -OCH3 is 2. The van der Waals surface area contributed by atoms with Crippen molar-refractivity contribution in [3.63, 3.8) is 0 Å². The molecule has 4 N–H and O–H groups in total. The highest BCUT2D eigenvalue weighted by Gasteiger charge is 2.41. The number of ether oxygens (including phenoxy) is 2. The number of esters is 1. The Bertz CT molecular complexity index is 870. The number of carbonyl (C=O) groups is 2. The van der Waals surface area contributed by atoms with E-state index in [9.17, 15) is 9.59 Å². The number of aromatic nitrogens is 2. The number of amides is 1. The molecular formula is C25H41N7O4. The molecule has 3 atom stereocenters. The van der Waals surface area contributed by atoms with Crippen molar-refractivity contribution in [3.8, 4) is 5.88 Å². The van der Waals surface area contributed by atoms with Crippen LogP contribution in [0.1, 0.15) is 74.7 Å². The largest absolute Gasteiger partial charge is 0.480 e. The van der Waals surface area contributed by atoms with Crippen LogP contribution in [-0.2, 0) is 9.53 Å². The highest BCUT2D eigenvalue weighted by Crippen LogP contribution is 2.35. The molecule has 1 aromatic heterocycles. The van der Waals surface area contributed by atoms with E-state index in [0.29, 0.717) is 18.3 Å². The van der Waals surface area contributed by atoms with Gasteiger partial charge in [0.05, 0.1) is 26.6 Å². The lowest BCUT2D eigenvalue weighted by Crippen LogP contribution is -2.65. The van der Waals surface area contributed by atoms with E-state index in [0.717, 1.165) is 19.8 Å². The second-order valence-electron chi connectivity index (χ2n) is 10.1. The summed E-state index contributed by atoms with van der Waals surface area (Å²) >= 11 is 0. The summed E-state index contributed by atoms with van der Waals surface area (Å²) in [7, 11) is 2.70. The molecule has 0 radical (unpaired) electrons. The first kappa shape index (κ1) is 26.7. The summed E-state index contributed by atoms with van der Waals surface area (Å²) in [5.41, 5.74) is 6.65. The van der Waals surface area contributed by atoms with Crippen LogP contribution in [0.3, 0.4) is 0 Å². The first-order chi connectivity index (χ1) is 17.6. The van der Waals surface area contributed by atoms with E-state index >= 15 is 0 Å². The average molecular weight is 504 g/mol. The number of rotatable bonds is 6. The third-order valence-electron chi connectivity index (χ3n) is 7.75. The zero-order valence-electron chi connectivity index (χ0n) is 21.6. The maximum Gasteiger partial charge on any atom is 0.360 e. The second-order valence-corrected chi connectivity index (χ2v) is 10.1. The molecule has 0 spiro atoms. The van der Waals surface area contributed by atoms with Crippen molar-refractivity contribution in [1.82, 2.24) is 31.0 Å². The lowest BCUT2D eigenvalue weighted by atomic mass is 9.76. The summed E-state index contributed by atoms with van der Waals surface area (Å²) < 4.78 is 9.90. The van der Waals surface area contributed by atoms with Gasteiger partial charge in [0.2, 0.25) is 11.8 Å². The van der Waals surface area contributed by atoms with Gasteiger partial charge in [-0.2, -0.15) is 0 Å². The minimum Gasteiger partial charge on any atom is -0.480 e. The van der Waals surface area contributed by atoms with Gasteiger partial charge in [-0.1, -0.05) is 57.8 Å². The van der Waals surface area contributed by atoms with Gasteiger partial charge >= 0.3 is 5.97 Å². The first-order valence-electron chi connectivity index (χ1n) is 13.4. The highest BCUT2D eigenvalue weighted by atomic mass is 16.5. The van der Waals surface area contributed by atoms with Gasteiger partial charge in [0.1, 0.15) is 6.04 Å². The lowest BCUT2D eigenvalue weighted by molar-refractivity contribution is -0.121. The smallest absolute Gasteiger partial charge is 0.360 e. The Morgan fingerprint density at radius 2 is 1.78 bits per heavy atom. The molecule has 200 valence electrons. The number of anilines is 1. The number of nitrogens with one attached hydrogen (secondary N) is 4. The molecule has 0 aromatic carbocycles. The summed E-state index contributed by atoms with van der Waals surface area (Å²) in [6, 6.07) is -0.466. The fraction of sp³-hybridized carbons (Fsp3) is 0.760. The van der Waals surface area contributed by atoms with Crippen molar-refractivity contribution in [3.05, 3.63) is 11.9 Å². The molecule has 2 aliphatic heterocycles. The van der Waals surface area contributed by atoms with Crippen molar-refractivity contribution in [2.75, 3.05) is 39.3 Å². The molecule has 1 aromatic rings. The van der Waals surface area contributed by atoms with Crippen LogP contribution in [0.15, 0.2) is 6.20 Å². The molecule has 3 heterocycles. The second kappa shape index (κ2) is 13.3. The SMILES string of the molecule is COC(=O)c1nc(OC)cnc1NC(=O)C1CC(C2CCCCCCCCC2)C(N2CCNC2)NN1. The van der Waals surface area contributed by atoms with E-state index < -0.39 is 12.0 Å². The molecule has 11 heteroatoms. The molecule has 3 fully saturated rings. The minimum absolute atomic E-state index is 0.0653. The van der Waals surface area contributed by atoms with E-state index in [1.165, 1.54) is 78.2 Å². The van der Waals surface area contributed by atoms with E-state index in [-0.39, 0.29) is 29.5 Å². The van der Waals surface area contributed by atoms with Crippen LogP contribution in [-0.4, -0.2) is 72.9 Å². The maximum atomic E-state index is 13.4. The first-order valence-corrected chi connectivity index (χ1v) is 13.4. The molecule has 4 rings (SSSR count). The number of hydrogen-bond donors (Lipinski definition) is 4. The number of hydrogen-bond acceptors (Lipinski definition) is 10. The van der Waals surface area contributed by atoms with Crippen LogP contribution >= 0.6 is 0 Å². The fourth-order valence-corrected chi connectivity index (χ4v) is 5.77. The Morgan fingerprint density at radius 3 is 2.42 bits per heavy atom. The van der Waals surface area contributed by atoms with Crippen molar-refractivity contribution in [2.45, 2.75) is 76.4 Å². The van der Waals surface area contributed by atoms with Gasteiger partial charge < -0.3 is 20.1 Å². The van der Waals surface area contributed by atoms with Gasteiger partial charge in [-0.05, 0) is 18.3 Å². The van der Waals surface area contributed by atoms with Crippen molar-refractivity contribution in [1.29, 1.82) is 0 Å². The highest BCUT2D eigenvalue weighted by molar-refractivity contribution is 6.00. The molecule has 3 unspecified atom stereocenters. The van der Waals surface area contributed by atoms with E-state index in [1.807, 2.05) is 0 Å². The zero-order chi connectivity index (χ0) is 25.3. The quantitative estimate of drug-likeness (QED) is 0.428. The van der Waals surface area contributed by atoms with Gasteiger partial charge in [-0.25, -0.2) is 25.6 Å². The molecule has 11 nitrogen and oxygen atoms in total. The van der Waals surface area contributed by atoms with Crippen LogP contribution in [0.5, 0.6) is 5.88 Å². The lowest BCUT2D eigenvalue weighted by Gasteiger charge is -2.45. The fourth-order valence-electron chi connectivity index (χ4n) is 5.77. The van der Waals surface area contributed by atoms with Crippen LogP contribution in [0.4, 0.5) is 5.82 Å². The molecule has 0 bridgehead atoms. The van der Waals surface area contributed by atoms with Gasteiger partial charge in [0, 0.05) is 19.8 Å². The van der Waals surface area contributed by atoms with Crippen LogP contribution in [0.25, 0.3) is 0 Å². The standard InChI is InChI=1S/C25H41N7O4/c1-35-20-15-27-22(21(28-20)25(34)36-2)29-24(33)19-14-18(23(31-30-19)32-13-12-26-16-32)17-10-8-6-4-3-5-7-9-11-17/h15,17-19,23,26,30-31H,3-14,16H2,1-2H3,(H,27,29,33). The summed E-state index contributed by atoms with van der Waals surface area (Å²) in [4.78, 5) is 36.4. The predicted molar refractivity (Wildman–Crippen MR) is 135 cm³/mol. The average Bonchev–Trinajstić information content (AvgIpc) is 3.46. The normalized spacial score (nSPS) is 26.8. The summed E-state index contributed by atoms with van der Waals surface area (Å²) in [6.07, 6.45) is 13.7. The summed E-state index contributed by atoms with van der Waals surface area (Å²) in [5.74, 6) is 0.190. The monoisotopic (exact) mass is 503 g/mol. The van der Waals surface area contributed by atoms with Crippen LogP contribution in [0.2, 0.25) is 0 Å². The van der Waals surface area contributed by atoms with Crippen molar-refractivity contribution in [2.24, 2.45) is 11.8 Å². The predicted octanol–water partition coefficient (Wildman–Crippen LogP) is 2.02. The Kier molecular flexibility index (Phi) is 9.85. The number of nitrogens with zero attached hydrogens (tertiary/aromatic N) is 3. The van der Waals surface area contributed by atoms with Gasteiger partial charge in [0.15, 0.2) is 11.5 Å². The van der Waals surface area contributed by atoms with Crippen molar-refractivity contribution >= 4 is 17.7 Å². The number of hydrazine groups is 1. The number of carbonyl (C=O) groups excluding carboxylic acids is 2. The topological polar surface area (TPSA) is 130 Å². The van der Waals surface area contributed by atoms with Gasteiger partial charge in [0.25, 0.3) is 0 Å². The molecule has 1 amide bonds. The minimum atomic E-state index is -0.688. The molecule has 1 aliphatic carbocycles. The zero-order valence-corrected chi connectivity index (χ0v) is 21.6. The van der Waals surface area contributed by atoms with E-state index in [2.05, 4.69) is 36.4 Å². The van der Waals surface area contributed by atoms with Crippen molar-refractivity contribution < 1.29 is 19.1 Å². The van der Waals surface area contributed by atoms with Crippen LogP contribution in [0, 0.1) is 11.8 Å². The molecule has 2 saturated heterocycles. The van der Waals surface area contributed by atoms with Crippen LogP contribution < -0.4 is 26.2 Å². The van der Waals surface area contributed by atoms with E-state index in [1.54, 1.807) is 0 Å². The van der Waals surface area contributed by atoms with Gasteiger partial charge in [-0.3, -0.25) is 9.69 Å². The molecular weight excluding hydrogens is 462 g/mol. The Hall–Kier alpha value is -2.34. The third kappa shape index (κ3) is 6.70. The maximum absolute atomic E-state index is 13.4. The molecule has 1 saturated carbocycles. The third-order valence-corrected chi connectivity index (χ3v) is 7.75. The Balaban J connectivity index is 1.50. The summed E-state index contributed by atoms with van der Waals surface area (Å²) in [5, 5.41) is 6.24. The Morgan fingerprint density at radius 1 is 1.06 bits per heavy atom.